The molecule has 0 fully saturated rings. The van der Waals surface area contributed by atoms with E-state index < -0.39 is 0 Å². The van der Waals surface area contributed by atoms with Gasteiger partial charge in [0.15, 0.2) is 0 Å². The van der Waals surface area contributed by atoms with E-state index in [1.54, 1.807) is 23.9 Å². The zero-order chi connectivity index (χ0) is 22.8. The predicted octanol–water partition coefficient (Wildman–Crippen LogP) is 4.90. The van der Waals surface area contributed by atoms with Crippen LogP contribution in [0.25, 0.3) is 5.70 Å². The highest BCUT2D eigenvalue weighted by atomic mass is 16.5. The Morgan fingerprint density at radius 3 is 2.42 bits per heavy atom. The molecule has 4 aromatic rings. The Morgan fingerprint density at radius 2 is 1.73 bits per heavy atom. The Kier molecular flexibility index (Phi) is 5.36. The van der Waals surface area contributed by atoms with Crippen molar-refractivity contribution in [1.29, 1.82) is 0 Å². The topological polar surface area (TPSA) is 81.1 Å². The summed E-state index contributed by atoms with van der Waals surface area (Å²) in [4.78, 5) is 17.3. The second-order valence-electron chi connectivity index (χ2n) is 7.81. The quantitative estimate of drug-likeness (QED) is 0.464. The number of carbonyl (C=O) groups excluding carboxylic acids is 1. The summed E-state index contributed by atoms with van der Waals surface area (Å²) in [6.45, 7) is 1.98. The van der Waals surface area contributed by atoms with Crippen molar-refractivity contribution < 1.29 is 9.53 Å². The smallest absolute Gasteiger partial charge is 0.258 e. The van der Waals surface area contributed by atoms with E-state index in [4.69, 9.17) is 4.74 Å². The number of benzene rings is 3. The monoisotopic (exact) mass is 437 g/mol. The van der Waals surface area contributed by atoms with Gasteiger partial charge in [-0.25, -0.2) is 4.68 Å². The van der Waals surface area contributed by atoms with Gasteiger partial charge in [-0.3, -0.25) is 10.1 Å². The third-order valence-electron chi connectivity index (χ3n) is 5.55. The standard InChI is InChI=1S/C26H23N5O2/c1-17-8-10-20(11-9-17)24(32)28-25-29-26-27-22(18-6-4-3-5-7-18)16-23(31(26)30-25)19-12-14-21(33-2)15-13-19/h3-16,23H,1-2H3,(H2,27,28,29,30,32)/t23-/m1/s1. The molecule has 0 saturated heterocycles. The van der Waals surface area contributed by atoms with Crippen molar-refractivity contribution >= 4 is 23.5 Å². The van der Waals surface area contributed by atoms with Crippen LogP contribution in [-0.2, 0) is 0 Å². The normalized spacial score (nSPS) is 14.6. The lowest BCUT2D eigenvalue weighted by Crippen LogP contribution is -2.20. The molecule has 1 aromatic heterocycles. The Morgan fingerprint density at radius 1 is 1.00 bits per heavy atom. The van der Waals surface area contributed by atoms with Crippen molar-refractivity contribution in [2.24, 2.45) is 0 Å². The third kappa shape index (κ3) is 4.21. The fourth-order valence-electron chi connectivity index (χ4n) is 3.75. The number of aryl methyl sites for hydroxylation is 1. The molecule has 1 amide bonds. The average Bonchev–Trinajstić information content (AvgIpc) is 3.26. The summed E-state index contributed by atoms with van der Waals surface area (Å²) >= 11 is 0. The Bertz CT molecular complexity index is 1310. The van der Waals surface area contributed by atoms with Crippen LogP contribution in [0, 0.1) is 6.92 Å². The number of anilines is 2. The maximum absolute atomic E-state index is 12.7. The summed E-state index contributed by atoms with van der Waals surface area (Å²) in [5.41, 5.74) is 4.63. The Balaban J connectivity index is 1.49. The minimum atomic E-state index is -0.254. The van der Waals surface area contributed by atoms with Gasteiger partial charge >= 0.3 is 0 Å². The van der Waals surface area contributed by atoms with Crippen LogP contribution in [0.1, 0.15) is 33.1 Å². The van der Waals surface area contributed by atoms with Crippen LogP contribution >= 0.6 is 0 Å². The number of hydrogen-bond acceptors (Lipinski definition) is 5. The second kappa shape index (κ2) is 8.63. The molecule has 164 valence electrons. The number of ether oxygens (including phenoxy) is 1. The molecule has 1 aliphatic heterocycles. The van der Waals surface area contributed by atoms with Crippen molar-refractivity contribution in [3.05, 3.63) is 107 Å². The van der Waals surface area contributed by atoms with Gasteiger partial charge in [0.25, 0.3) is 11.9 Å². The first-order valence-corrected chi connectivity index (χ1v) is 10.6. The van der Waals surface area contributed by atoms with Crippen LogP contribution in [0.5, 0.6) is 5.75 Å². The summed E-state index contributed by atoms with van der Waals surface area (Å²) < 4.78 is 7.08. The third-order valence-corrected chi connectivity index (χ3v) is 5.55. The molecular weight excluding hydrogens is 414 g/mol. The first-order chi connectivity index (χ1) is 16.1. The summed E-state index contributed by atoms with van der Waals surface area (Å²) in [6, 6.07) is 25.1. The average molecular weight is 438 g/mol. The number of fused-ring (bicyclic) bond motifs is 1. The van der Waals surface area contributed by atoms with Gasteiger partial charge in [-0.2, -0.15) is 4.98 Å². The first-order valence-electron chi connectivity index (χ1n) is 10.6. The van der Waals surface area contributed by atoms with Crippen LogP contribution in [0.2, 0.25) is 0 Å². The van der Waals surface area contributed by atoms with Crippen LogP contribution < -0.4 is 15.4 Å². The zero-order valence-electron chi connectivity index (χ0n) is 18.3. The van der Waals surface area contributed by atoms with Gasteiger partial charge in [0.05, 0.1) is 7.11 Å². The maximum atomic E-state index is 12.7. The van der Waals surface area contributed by atoms with Gasteiger partial charge in [0.1, 0.15) is 11.8 Å². The highest BCUT2D eigenvalue weighted by Crippen LogP contribution is 2.33. The minimum Gasteiger partial charge on any atom is -0.497 e. The molecule has 33 heavy (non-hydrogen) atoms. The number of nitrogens with zero attached hydrogens (tertiary/aromatic N) is 3. The number of carbonyl (C=O) groups is 1. The van der Waals surface area contributed by atoms with Crippen LogP contribution in [0.4, 0.5) is 11.9 Å². The molecule has 2 heterocycles. The van der Waals surface area contributed by atoms with Crippen LogP contribution in [-0.4, -0.2) is 27.8 Å². The number of aromatic nitrogens is 3. The Hall–Kier alpha value is -4.39. The van der Waals surface area contributed by atoms with Gasteiger partial charge in [-0.1, -0.05) is 60.2 Å². The molecule has 3 aromatic carbocycles. The van der Waals surface area contributed by atoms with Gasteiger partial charge in [-0.05, 0) is 48.4 Å². The van der Waals surface area contributed by atoms with Gasteiger partial charge in [0.2, 0.25) is 5.95 Å². The number of allylic oxidation sites excluding steroid dienone is 1. The lowest BCUT2D eigenvalue weighted by atomic mass is 10.0. The van der Waals surface area contributed by atoms with Gasteiger partial charge < -0.3 is 10.1 Å². The molecule has 0 spiro atoms. The number of hydrogen-bond donors (Lipinski definition) is 2. The molecule has 7 nitrogen and oxygen atoms in total. The van der Waals surface area contributed by atoms with Crippen molar-refractivity contribution in [3.63, 3.8) is 0 Å². The molecule has 5 rings (SSSR count). The molecule has 0 bridgehead atoms. The largest absolute Gasteiger partial charge is 0.497 e. The number of rotatable bonds is 5. The summed E-state index contributed by atoms with van der Waals surface area (Å²) in [5, 5.41) is 10.8. The van der Waals surface area contributed by atoms with E-state index >= 15 is 0 Å². The summed E-state index contributed by atoms with van der Waals surface area (Å²) in [6.07, 6.45) is 2.10. The van der Waals surface area contributed by atoms with Crippen LogP contribution in [0.3, 0.4) is 0 Å². The van der Waals surface area contributed by atoms with Crippen LogP contribution in [0.15, 0.2) is 84.9 Å². The molecule has 0 radical (unpaired) electrons. The van der Waals surface area contributed by atoms with Gasteiger partial charge in [0, 0.05) is 11.3 Å². The van der Waals surface area contributed by atoms with Crippen molar-refractivity contribution in [1.82, 2.24) is 14.8 Å². The molecule has 0 saturated carbocycles. The molecular formula is C26H23N5O2. The SMILES string of the molecule is COc1ccc([C@H]2C=C(c3ccccc3)Nc3nc(NC(=O)c4ccc(C)cc4)nn32)cc1. The van der Waals surface area contributed by atoms with Gasteiger partial charge in [-0.15, -0.1) is 5.10 Å². The van der Waals surface area contributed by atoms with Crippen molar-refractivity contribution in [2.75, 3.05) is 17.7 Å². The predicted molar refractivity (Wildman–Crippen MR) is 128 cm³/mol. The first kappa shape index (κ1) is 20.5. The van der Waals surface area contributed by atoms with E-state index in [1.165, 1.54) is 0 Å². The number of amides is 1. The van der Waals surface area contributed by atoms with E-state index in [0.29, 0.717) is 11.5 Å². The summed E-state index contributed by atoms with van der Waals surface area (Å²) in [5.74, 6) is 1.32. The molecule has 1 atom stereocenters. The molecule has 0 unspecified atom stereocenters. The van der Waals surface area contributed by atoms with E-state index in [0.717, 1.165) is 28.1 Å². The molecule has 0 aliphatic carbocycles. The zero-order valence-corrected chi connectivity index (χ0v) is 18.3. The number of nitrogens with one attached hydrogen (secondary N) is 2. The van der Waals surface area contributed by atoms with Crippen molar-refractivity contribution in [3.8, 4) is 5.75 Å². The highest BCUT2D eigenvalue weighted by Gasteiger charge is 2.26. The van der Waals surface area contributed by atoms with E-state index in [1.807, 2.05) is 73.7 Å². The fourth-order valence-corrected chi connectivity index (χ4v) is 3.75. The minimum absolute atomic E-state index is 0.208. The molecule has 7 heteroatoms. The lowest BCUT2D eigenvalue weighted by Gasteiger charge is -2.24. The summed E-state index contributed by atoms with van der Waals surface area (Å²) in [7, 11) is 1.64. The molecule has 1 aliphatic rings. The van der Waals surface area contributed by atoms with E-state index in [2.05, 4.69) is 26.8 Å². The van der Waals surface area contributed by atoms with E-state index in [9.17, 15) is 4.79 Å². The number of methoxy groups -OCH3 is 1. The van der Waals surface area contributed by atoms with Crippen molar-refractivity contribution in [2.45, 2.75) is 13.0 Å². The fraction of sp³-hybridized carbons (Fsp3) is 0.115. The highest BCUT2D eigenvalue weighted by molar-refractivity contribution is 6.03. The van der Waals surface area contributed by atoms with E-state index in [-0.39, 0.29) is 17.9 Å². The maximum Gasteiger partial charge on any atom is 0.258 e. The Labute approximate surface area is 191 Å². The lowest BCUT2D eigenvalue weighted by molar-refractivity contribution is 0.102. The second-order valence-corrected chi connectivity index (χ2v) is 7.81. The molecule has 2 N–H and O–H groups in total.